The van der Waals surface area contributed by atoms with E-state index in [2.05, 4.69) is 39.4 Å². The number of hydrogen-bond donors (Lipinski definition) is 3. The summed E-state index contributed by atoms with van der Waals surface area (Å²) in [5.74, 6) is -0.507. The molecule has 0 aliphatic heterocycles. The molecule has 0 unspecified atom stereocenters. The largest absolute Gasteiger partial charge is 0.507 e. The van der Waals surface area contributed by atoms with Gasteiger partial charge in [0.2, 0.25) is 0 Å². The van der Waals surface area contributed by atoms with E-state index in [9.17, 15) is 15.0 Å². The normalized spacial score (nSPS) is 11.1. The van der Waals surface area contributed by atoms with Crippen molar-refractivity contribution in [1.82, 2.24) is 9.99 Å². The van der Waals surface area contributed by atoms with Crippen LogP contribution in [0, 0.1) is 10.5 Å². The molecule has 1 heterocycles. The van der Waals surface area contributed by atoms with E-state index in [4.69, 9.17) is 0 Å². The van der Waals surface area contributed by atoms with Gasteiger partial charge in [-0.2, -0.15) is 5.10 Å². The number of phenols is 2. The van der Waals surface area contributed by atoms with Crippen LogP contribution < -0.4 is 5.43 Å². The molecule has 0 saturated carbocycles. The lowest BCUT2D eigenvalue weighted by atomic mass is 10.1. The molecule has 160 valence electrons. The molecule has 4 aromatic rings. The first kappa shape index (κ1) is 21.6. The molecule has 7 heteroatoms. The lowest BCUT2D eigenvalue weighted by molar-refractivity contribution is 0.0955. The Bertz CT molecular complexity index is 1300. The molecule has 0 saturated heterocycles. The Balaban J connectivity index is 1.51. The standard InChI is InChI=1S/C25H20IN3O3/c1-16-7-12-22(17-5-3-2-4-6-17)29(16)20-10-8-18(9-11-20)25(32)28-27-15-19-13-21(26)24(31)14-23(19)30/h2-15,30-31H,1H3,(H,28,32)/b27-15+. The van der Waals surface area contributed by atoms with E-state index in [1.807, 2.05) is 59.8 Å². The average Bonchev–Trinajstić information content (AvgIpc) is 3.19. The van der Waals surface area contributed by atoms with Gasteiger partial charge in [0.05, 0.1) is 15.5 Å². The summed E-state index contributed by atoms with van der Waals surface area (Å²) in [6.07, 6.45) is 1.33. The van der Waals surface area contributed by atoms with Crippen molar-refractivity contribution in [2.75, 3.05) is 0 Å². The maximum Gasteiger partial charge on any atom is 0.271 e. The van der Waals surface area contributed by atoms with Crippen LogP contribution in [0.2, 0.25) is 0 Å². The van der Waals surface area contributed by atoms with Gasteiger partial charge in [-0.25, -0.2) is 5.43 Å². The van der Waals surface area contributed by atoms with Gasteiger partial charge in [0.15, 0.2) is 0 Å². The number of hydrogen-bond acceptors (Lipinski definition) is 4. The van der Waals surface area contributed by atoms with E-state index in [0.29, 0.717) is 14.7 Å². The Hall–Kier alpha value is -3.59. The highest BCUT2D eigenvalue weighted by Crippen LogP contribution is 2.28. The minimum absolute atomic E-state index is 0.0160. The van der Waals surface area contributed by atoms with E-state index in [-0.39, 0.29) is 17.4 Å². The van der Waals surface area contributed by atoms with Crippen LogP contribution >= 0.6 is 22.6 Å². The van der Waals surface area contributed by atoms with Gasteiger partial charge in [-0.1, -0.05) is 30.3 Å². The highest BCUT2D eigenvalue weighted by molar-refractivity contribution is 14.1. The van der Waals surface area contributed by atoms with Crippen LogP contribution in [0.25, 0.3) is 16.9 Å². The number of carbonyl (C=O) groups excluding carboxylic acids is 1. The predicted octanol–water partition coefficient (Wildman–Crippen LogP) is 5.23. The van der Waals surface area contributed by atoms with Crippen LogP contribution in [-0.4, -0.2) is 26.9 Å². The van der Waals surface area contributed by atoms with Crippen LogP contribution in [0.1, 0.15) is 21.6 Å². The number of amides is 1. The van der Waals surface area contributed by atoms with Gasteiger partial charge in [0.1, 0.15) is 11.5 Å². The molecule has 1 amide bonds. The first-order valence-electron chi connectivity index (χ1n) is 9.83. The van der Waals surface area contributed by atoms with Crippen molar-refractivity contribution in [3.63, 3.8) is 0 Å². The zero-order valence-electron chi connectivity index (χ0n) is 17.2. The number of aromatic hydroxyl groups is 2. The van der Waals surface area contributed by atoms with Gasteiger partial charge < -0.3 is 14.8 Å². The maximum atomic E-state index is 12.5. The molecule has 32 heavy (non-hydrogen) atoms. The Labute approximate surface area is 199 Å². The zero-order valence-corrected chi connectivity index (χ0v) is 19.3. The zero-order chi connectivity index (χ0) is 22.7. The first-order valence-corrected chi connectivity index (χ1v) is 10.9. The van der Waals surface area contributed by atoms with Gasteiger partial charge in [0, 0.05) is 28.6 Å². The molecule has 0 aliphatic carbocycles. The maximum absolute atomic E-state index is 12.5. The highest BCUT2D eigenvalue weighted by atomic mass is 127. The second-order valence-electron chi connectivity index (χ2n) is 7.17. The Kier molecular flexibility index (Phi) is 6.27. The average molecular weight is 537 g/mol. The lowest BCUT2D eigenvalue weighted by Crippen LogP contribution is -2.17. The number of nitrogens with one attached hydrogen (secondary N) is 1. The molecule has 1 aromatic heterocycles. The summed E-state index contributed by atoms with van der Waals surface area (Å²) >= 11 is 1.94. The lowest BCUT2D eigenvalue weighted by Gasteiger charge is -2.12. The number of carbonyl (C=O) groups is 1. The summed E-state index contributed by atoms with van der Waals surface area (Å²) in [6, 6.07) is 24.4. The van der Waals surface area contributed by atoms with Gasteiger partial charge in [-0.05, 0) is 77.5 Å². The number of rotatable bonds is 5. The number of phenolic OH excluding ortho intramolecular Hbond substituents is 2. The Morgan fingerprint density at radius 1 is 0.969 bits per heavy atom. The third-order valence-corrected chi connectivity index (χ3v) is 5.86. The van der Waals surface area contributed by atoms with Crippen LogP contribution in [0.15, 0.2) is 84.0 Å². The molecule has 0 atom stereocenters. The predicted molar refractivity (Wildman–Crippen MR) is 133 cm³/mol. The smallest absolute Gasteiger partial charge is 0.271 e. The van der Waals surface area contributed by atoms with Crippen LogP contribution in [0.4, 0.5) is 0 Å². The third kappa shape index (κ3) is 4.52. The van der Waals surface area contributed by atoms with Crippen LogP contribution in [0.5, 0.6) is 11.5 Å². The van der Waals surface area contributed by atoms with Crippen molar-refractivity contribution in [1.29, 1.82) is 0 Å². The summed E-state index contributed by atoms with van der Waals surface area (Å²) in [4.78, 5) is 12.5. The molecular formula is C25H20IN3O3. The molecule has 4 rings (SSSR count). The van der Waals surface area contributed by atoms with Gasteiger partial charge in [-0.3, -0.25) is 4.79 Å². The van der Waals surface area contributed by atoms with Gasteiger partial charge in [0.25, 0.3) is 5.91 Å². The highest BCUT2D eigenvalue weighted by Gasteiger charge is 2.11. The number of benzene rings is 3. The molecule has 0 bridgehead atoms. The van der Waals surface area contributed by atoms with E-state index < -0.39 is 0 Å². The minimum Gasteiger partial charge on any atom is -0.507 e. The van der Waals surface area contributed by atoms with E-state index in [0.717, 1.165) is 22.6 Å². The van der Waals surface area contributed by atoms with Crippen LogP contribution in [-0.2, 0) is 0 Å². The van der Waals surface area contributed by atoms with Crippen LogP contribution in [0.3, 0.4) is 0 Å². The second-order valence-corrected chi connectivity index (χ2v) is 8.33. The fourth-order valence-electron chi connectivity index (χ4n) is 3.37. The monoisotopic (exact) mass is 537 g/mol. The van der Waals surface area contributed by atoms with Crippen molar-refractivity contribution in [2.24, 2.45) is 5.10 Å². The molecule has 0 fully saturated rings. The van der Waals surface area contributed by atoms with Crippen molar-refractivity contribution >= 4 is 34.7 Å². The number of nitrogens with zero attached hydrogens (tertiary/aromatic N) is 2. The third-order valence-electron chi connectivity index (χ3n) is 5.00. The van der Waals surface area contributed by atoms with E-state index >= 15 is 0 Å². The Morgan fingerprint density at radius 2 is 1.69 bits per heavy atom. The summed E-state index contributed by atoms with van der Waals surface area (Å²) < 4.78 is 2.71. The molecule has 0 aliphatic rings. The molecular weight excluding hydrogens is 517 g/mol. The second kappa shape index (κ2) is 9.27. The number of hydrazone groups is 1. The quantitative estimate of drug-likeness (QED) is 0.185. The molecule has 0 radical (unpaired) electrons. The summed E-state index contributed by atoms with van der Waals surface area (Å²) in [6.45, 7) is 2.04. The SMILES string of the molecule is Cc1ccc(-c2ccccc2)n1-c1ccc(C(=O)N/N=C/c2cc(I)c(O)cc2O)cc1. The van der Waals surface area contributed by atoms with Crippen molar-refractivity contribution < 1.29 is 15.0 Å². The summed E-state index contributed by atoms with van der Waals surface area (Å²) in [5, 5.41) is 23.4. The van der Waals surface area contributed by atoms with E-state index in [1.54, 1.807) is 18.2 Å². The Morgan fingerprint density at radius 3 is 2.41 bits per heavy atom. The molecule has 6 nitrogen and oxygen atoms in total. The van der Waals surface area contributed by atoms with Gasteiger partial charge in [-0.15, -0.1) is 0 Å². The van der Waals surface area contributed by atoms with E-state index in [1.165, 1.54) is 12.3 Å². The van der Waals surface area contributed by atoms with Gasteiger partial charge >= 0.3 is 0 Å². The number of aromatic nitrogens is 1. The fraction of sp³-hybridized carbons (Fsp3) is 0.0400. The van der Waals surface area contributed by atoms with Crippen molar-refractivity contribution in [3.05, 3.63) is 99.3 Å². The number of halogens is 1. The molecule has 3 aromatic carbocycles. The molecule has 0 spiro atoms. The summed E-state index contributed by atoms with van der Waals surface area (Å²) in [5.41, 5.74) is 7.54. The first-order chi connectivity index (χ1) is 15.4. The summed E-state index contributed by atoms with van der Waals surface area (Å²) in [7, 11) is 0. The fourth-order valence-corrected chi connectivity index (χ4v) is 3.86. The minimum atomic E-state index is -0.367. The molecule has 3 N–H and O–H groups in total. The number of aryl methyl sites for hydroxylation is 1. The van der Waals surface area contributed by atoms with Crippen molar-refractivity contribution in [2.45, 2.75) is 6.92 Å². The topological polar surface area (TPSA) is 86.9 Å². The van der Waals surface area contributed by atoms with Crippen molar-refractivity contribution in [3.8, 4) is 28.4 Å².